The van der Waals surface area contributed by atoms with Gasteiger partial charge in [0.1, 0.15) is 5.76 Å². The van der Waals surface area contributed by atoms with Crippen molar-refractivity contribution in [2.24, 2.45) is 0 Å². The van der Waals surface area contributed by atoms with Crippen LogP contribution in [0.2, 0.25) is 0 Å². The summed E-state index contributed by atoms with van der Waals surface area (Å²) in [7, 11) is 3.36. The van der Waals surface area contributed by atoms with Crippen molar-refractivity contribution in [3.63, 3.8) is 0 Å². The van der Waals surface area contributed by atoms with Gasteiger partial charge in [0.2, 0.25) is 5.91 Å². The third-order valence-corrected chi connectivity index (χ3v) is 3.38. The molecular formula is C17H22N2O4. The fourth-order valence-electron chi connectivity index (χ4n) is 2.24. The van der Waals surface area contributed by atoms with Crippen LogP contribution in [0.25, 0.3) is 0 Å². The summed E-state index contributed by atoms with van der Waals surface area (Å²) in [5.74, 6) is 2.04. The summed E-state index contributed by atoms with van der Waals surface area (Å²) < 4.78 is 15.8. The first kappa shape index (κ1) is 16.9. The average molecular weight is 318 g/mol. The molecule has 124 valence electrons. The first-order valence-corrected chi connectivity index (χ1v) is 7.49. The number of hydrogen-bond acceptors (Lipinski definition) is 5. The van der Waals surface area contributed by atoms with E-state index in [4.69, 9.17) is 14.0 Å². The lowest BCUT2D eigenvalue weighted by Crippen LogP contribution is -2.27. The molecular weight excluding hydrogens is 296 g/mol. The maximum atomic E-state index is 12.2. The zero-order valence-electron chi connectivity index (χ0n) is 14.0. The molecule has 0 aliphatic heterocycles. The van der Waals surface area contributed by atoms with E-state index < -0.39 is 0 Å². The lowest BCUT2D eigenvalue weighted by molar-refractivity contribution is -0.129. The Morgan fingerprint density at radius 2 is 2.09 bits per heavy atom. The number of carbonyl (C=O) groups excluding carboxylic acids is 1. The summed E-state index contributed by atoms with van der Waals surface area (Å²) in [4.78, 5) is 13.9. The van der Waals surface area contributed by atoms with Gasteiger partial charge in [-0.05, 0) is 31.5 Å². The SMILES string of the molecule is CCOc1ccc(CN(C)C(=O)Cc2cc(C)on2)cc1OC. The molecule has 0 atom stereocenters. The number of likely N-dealkylation sites (N-methyl/N-ethyl adjacent to an activating group) is 1. The van der Waals surface area contributed by atoms with E-state index in [1.165, 1.54) is 0 Å². The van der Waals surface area contributed by atoms with Crippen molar-refractivity contribution in [3.05, 3.63) is 41.3 Å². The van der Waals surface area contributed by atoms with E-state index in [0.717, 1.165) is 5.56 Å². The highest BCUT2D eigenvalue weighted by Crippen LogP contribution is 2.28. The van der Waals surface area contributed by atoms with Crippen LogP contribution < -0.4 is 9.47 Å². The molecule has 0 radical (unpaired) electrons. The molecule has 0 spiro atoms. The summed E-state index contributed by atoms with van der Waals surface area (Å²) in [5, 5.41) is 3.85. The Bertz CT molecular complexity index is 666. The Labute approximate surface area is 136 Å². The van der Waals surface area contributed by atoms with Gasteiger partial charge in [0.25, 0.3) is 0 Å². The first-order valence-electron chi connectivity index (χ1n) is 7.49. The summed E-state index contributed by atoms with van der Waals surface area (Å²) in [6, 6.07) is 7.44. The van der Waals surface area contributed by atoms with Gasteiger partial charge in [-0.3, -0.25) is 4.79 Å². The minimum Gasteiger partial charge on any atom is -0.493 e. The third-order valence-electron chi connectivity index (χ3n) is 3.38. The quantitative estimate of drug-likeness (QED) is 0.785. The highest BCUT2D eigenvalue weighted by molar-refractivity contribution is 5.78. The van der Waals surface area contributed by atoms with Crippen molar-refractivity contribution in [1.29, 1.82) is 0 Å². The third kappa shape index (κ3) is 4.48. The van der Waals surface area contributed by atoms with Crippen molar-refractivity contribution in [2.45, 2.75) is 26.8 Å². The topological polar surface area (TPSA) is 64.8 Å². The van der Waals surface area contributed by atoms with Gasteiger partial charge < -0.3 is 18.9 Å². The average Bonchev–Trinajstić information content (AvgIpc) is 2.93. The van der Waals surface area contributed by atoms with Gasteiger partial charge in [-0.25, -0.2) is 0 Å². The number of benzene rings is 1. The summed E-state index contributed by atoms with van der Waals surface area (Å²) in [6.45, 7) is 4.78. The van der Waals surface area contributed by atoms with Crippen LogP contribution in [0.1, 0.15) is 23.9 Å². The summed E-state index contributed by atoms with van der Waals surface area (Å²) in [5.41, 5.74) is 1.61. The van der Waals surface area contributed by atoms with Gasteiger partial charge in [-0.2, -0.15) is 0 Å². The number of hydrogen-bond donors (Lipinski definition) is 0. The van der Waals surface area contributed by atoms with Crippen molar-refractivity contribution in [1.82, 2.24) is 10.1 Å². The van der Waals surface area contributed by atoms with E-state index in [1.807, 2.05) is 25.1 Å². The molecule has 1 aromatic carbocycles. The van der Waals surface area contributed by atoms with Gasteiger partial charge in [0, 0.05) is 19.7 Å². The fourth-order valence-corrected chi connectivity index (χ4v) is 2.24. The largest absolute Gasteiger partial charge is 0.493 e. The Kier molecular flexibility index (Phi) is 5.62. The van der Waals surface area contributed by atoms with E-state index in [0.29, 0.717) is 36.1 Å². The second-order valence-electron chi connectivity index (χ2n) is 5.27. The Morgan fingerprint density at radius 3 is 2.70 bits per heavy atom. The van der Waals surface area contributed by atoms with Crippen molar-refractivity contribution >= 4 is 5.91 Å². The van der Waals surface area contributed by atoms with Crippen LogP contribution in [-0.4, -0.2) is 36.7 Å². The van der Waals surface area contributed by atoms with Crippen LogP contribution in [0.15, 0.2) is 28.8 Å². The molecule has 0 saturated carbocycles. The molecule has 6 heteroatoms. The lowest BCUT2D eigenvalue weighted by atomic mass is 10.1. The number of rotatable bonds is 7. The number of ether oxygens (including phenoxy) is 2. The second kappa shape index (κ2) is 7.67. The zero-order valence-corrected chi connectivity index (χ0v) is 14.0. The van der Waals surface area contributed by atoms with Gasteiger partial charge in [0.05, 0.1) is 25.8 Å². The van der Waals surface area contributed by atoms with Crippen LogP contribution in [0, 0.1) is 6.92 Å². The van der Waals surface area contributed by atoms with Crippen LogP contribution in [-0.2, 0) is 17.8 Å². The van der Waals surface area contributed by atoms with E-state index in [2.05, 4.69) is 5.16 Å². The van der Waals surface area contributed by atoms with Gasteiger partial charge in [-0.1, -0.05) is 11.2 Å². The van der Waals surface area contributed by atoms with Crippen molar-refractivity contribution in [2.75, 3.05) is 20.8 Å². The lowest BCUT2D eigenvalue weighted by Gasteiger charge is -2.18. The number of carbonyl (C=O) groups is 1. The van der Waals surface area contributed by atoms with E-state index in [1.54, 1.807) is 32.0 Å². The van der Waals surface area contributed by atoms with Crippen LogP contribution in [0.3, 0.4) is 0 Å². The molecule has 0 aliphatic carbocycles. The smallest absolute Gasteiger partial charge is 0.228 e. The molecule has 1 heterocycles. The van der Waals surface area contributed by atoms with Crippen LogP contribution >= 0.6 is 0 Å². The Balaban J connectivity index is 2.01. The molecule has 1 amide bonds. The number of amides is 1. The molecule has 0 bridgehead atoms. The van der Waals surface area contributed by atoms with Crippen molar-refractivity contribution < 1.29 is 18.8 Å². The molecule has 0 unspecified atom stereocenters. The monoisotopic (exact) mass is 318 g/mol. The maximum absolute atomic E-state index is 12.2. The van der Waals surface area contributed by atoms with Crippen LogP contribution in [0.4, 0.5) is 0 Å². The number of aromatic nitrogens is 1. The first-order chi connectivity index (χ1) is 11.0. The number of nitrogens with zero attached hydrogens (tertiary/aromatic N) is 2. The minimum absolute atomic E-state index is 0.0221. The molecule has 0 saturated heterocycles. The summed E-state index contributed by atoms with van der Waals surface area (Å²) >= 11 is 0. The highest BCUT2D eigenvalue weighted by Gasteiger charge is 2.14. The predicted molar refractivity (Wildman–Crippen MR) is 85.6 cm³/mol. The van der Waals surface area contributed by atoms with Gasteiger partial charge in [-0.15, -0.1) is 0 Å². The molecule has 2 rings (SSSR count). The predicted octanol–water partition coefficient (Wildman–Crippen LogP) is 2.59. The minimum atomic E-state index is -0.0221. The standard InChI is InChI=1S/C17H22N2O4/c1-5-22-15-7-6-13(9-16(15)21-4)11-19(3)17(20)10-14-8-12(2)23-18-14/h6-9H,5,10-11H2,1-4H3. The molecule has 0 fully saturated rings. The molecule has 2 aromatic rings. The number of aryl methyl sites for hydroxylation is 1. The Hall–Kier alpha value is -2.50. The second-order valence-corrected chi connectivity index (χ2v) is 5.27. The Morgan fingerprint density at radius 1 is 1.30 bits per heavy atom. The molecule has 0 N–H and O–H groups in total. The molecule has 0 aliphatic rings. The molecule has 1 aromatic heterocycles. The van der Waals surface area contributed by atoms with E-state index in [9.17, 15) is 4.79 Å². The molecule has 6 nitrogen and oxygen atoms in total. The van der Waals surface area contributed by atoms with E-state index >= 15 is 0 Å². The molecule has 23 heavy (non-hydrogen) atoms. The highest BCUT2D eigenvalue weighted by atomic mass is 16.5. The normalized spacial score (nSPS) is 10.4. The maximum Gasteiger partial charge on any atom is 0.228 e. The zero-order chi connectivity index (χ0) is 16.8. The van der Waals surface area contributed by atoms with E-state index in [-0.39, 0.29) is 12.3 Å². The van der Waals surface area contributed by atoms with Gasteiger partial charge in [0.15, 0.2) is 11.5 Å². The van der Waals surface area contributed by atoms with Crippen molar-refractivity contribution in [3.8, 4) is 11.5 Å². The van der Waals surface area contributed by atoms with Gasteiger partial charge >= 0.3 is 0 Å². The van der Waals surface area contributed by atoms with Crippen LogP contribution in [0.5, 0.6) is 11.5 Å². The summed E-state index contributed by atoms with van der Waals surface area (Å²) in [6.07, 6.45) is 0.224. The number of methoxy groups -OCH3 is 1. The fraction of sp³-hybridized carbons (Fsp3) is 0.412.